The highest BCUT2D eigenvalue weighted by Crippen LogP contribution is 2.22. The molecule has 0 saturated heterocycles. The second-order valence-corrected chi connectivity index (χ2v) is 6.84. The van der Waals surface area contributed by atoms with Crippen LogP contribution in [0.1, 0.15) is 77.0 Å². The Kier molecular flexibility index (Phi) is 7.99. The highest BCUT2D eigenvalue weighted by molar-refractivity contribution is 5.78. The fraction of sp³-hybridized carbons (Fsp3) is 0.650. The van der Waals surface area contributed by atoms with Gasteiger partial charge in [0, 0.05) is 30.6 Å². The van der Waals surface area contributed by atoms with Crippen molar-refractivity contribution in [1.82, 2.24) is 0 Å². The molecule has 0 aliphatic heterocycles. The number of phenolic OH excluding ortho intramolecular Hbond substituents is 1. The molecule has 2 aliphatic rings. The van der Waals surface area contributed by atoms with Crippen molar-refractivity contribution in [2.45, 2.75) is 83.1 Å². The van der Waals surface area contributed by atoms with E-state index in [4.69, 9.17) is 0 Å². The van der Waals surface area contributed by atoms with Gasteiger partial charge in [0.05, 0.1) is 0 Å². The van der Waals surface area contributed by atoms with Crippen LogP contribution in [0.5, 0.6) is 5.75 Å². The van der Waals surface area contributed by atoms with Crippen LogP contribution in [0.4, 0.5) is 5.69 Å². The van der Waals surface area contributed by atoms with Gasteiger partial charge in [-0.2, -0.15) is 0 Å². The molecule has 1 aromatic rings. The number of carbonyl (C=O) groups excluding carboxylic acids is 1. The third-order valence-electron chi connectivity index (χ3n) is 4.73. The van der Waals surface area contributed by atoms with Crippen LogP contribution in [0.3, 0.4) is 0 Å². The molecule has 0 unspecified atom stereocenters. The first-order valence-electron chi connectivity index (χ1n) is 9.31. The minimum Gasteiger partial charge on any atom is -0.508 e. The van der Waals surface area contributed by atoms with Gasteiger partial charge in [0.1, 0.15) is 11.5 Å². The SMILES string of the molecule is O=C1CCCCCC1.Oc1cccc(NC2CCCCCC2)c1. The number of ketones is 1. The summed E-state index contributed by atoms with van der Waals surface area (Å²) in [5.41, 5.74) is 1.04. The molecule has 2 fully saturated rings. The van der Waals surface area contributed by atoms with Crippen molar-refractivity contribution in [2.75, 3.05) is 5.32 Å². The summed E-state index contributed by atoms with van der Waals surface area (Å²) in [5, 5.41) is 12.9. The molecule has 0 aromatic heterocycles. The summed E-state index contributed by atoms with van der Waals surface area (Å²) in [6.07, 6.45) is 14.4. The van der Waals surface area contributed by atoms with E-state index in [1.54, 1.807) is 12.1 Å². The van der Waals surface area contributed by atoms with Crippen LogP contribution in [0.25, 0.3) is 0 Å². The van der Waals surface area contributed by atoms with E-state index in [0.717, 1.165) is 31.4 Å². The Morgan fingerprint density at radius 2 is 1.48 bits per heavy atom. The Labute approximate surface area is 140 Å². The van der Waals surface area contributed by atoms with Gasteiger partial charge in [0.15, 0.2) is 0 Å². The molecule has 0 radical (unpaired) electrons. The quantitative estimate of drug-likeness (QED) is 0.714. The van der Waals surface area contributed by atoms with Crippen LogP contribution in [0.15, 0.2) is 24.3 Å². The number of nitrogens with one attached hydrogen (secondary N) is 1. The molecule has 2 saturated carbocycles. The number of aromatic hydroxyl groups is 1. The monoisotopic (exact) mass is 317 g/mol. The third kappa shape index (κ3) is 7.54. The predicted molar refractivity (Wildman–Crippen MR) is 95.9 cm³/mol. The number of phenols is 1. The number of benzene rings is 1. The first kappa shape index (κ1) is 17.8. The molecule has 128 valence electrons. The van der Waals surface area contributed by atoms with Crippen molar-refractivity contribution < 1.29 is 9.90 Å². The van der Waals surface area contributed by atoms with Crippen molar-refractivity contribution in [3.63, 3.8) is 0 Å². The van der Waals surface area contributed by atoms with Crippen LogP contribution >= 0.6 is 0 Å². The topological polar surface area (TPSA) is 49.3 Å². The van der Waals surface area contributed by atoms with Crippen molar-refractivity contribution >= 4 is 11.5 Å². The zero-order valence-electron chi connectivity index (χ0n) is 14.2. The maximum Gasteiger partial charge on any atom is 0.132 e. The summed E-state index contributed by atoms with van der Waals surface area (Å²) < 4.78 is 0. The standard InChI is InChI=1S/C13H19NO.C7H12O/c15-13-9-5-8-12(10-13)14-11-6-3-1-2-4-7-11;8-7-5-3-1-2-4-6-7/h5,8-11,14-15H,1-4,6-7H2;1-6H2. The van der Waals surface area contributed by atoms with Crippen LogP contribution < -0.4 is 5.32 Å². The molecule has 23 heavy (non-hydrogen) atoms. The van der Waals surface area contributed by atoms with E-state index in [2.05, 4.69) is 5.32 Å². The smallest absolute Gasteiger partial charge is 0.132 e. The fourth-order valence-corrected chi connectivity index (χ4v) is 3.38. The maximum absolute atomic E-state index is 10.7. The average Bonchev–Trinajstić information content (AvgIpc) is 2.93. The van der Waals surface area contributed by atoms with Gasteiger partial charge < -0.3 is 10.4 Å². The third-order valence-corrected chi connectivity index (χ3v) is 4.73. The van der Waals surface area contributed by atoms with E-state index in [-0.39, 0.29) is 0 Å². The number of hydrogen-bond donors (Lipinski definition) is 2. The van der Waals surface area contributed by atoms with E-state index in [1.165, 1.54) is 51.4 Å². The number of carbonyl (C=O) groups is 1. The molecule has 3 rings (SSSR count). The molecule has 0 spiro atoms. The maximum atomic E-state index is 10.7. The summed E-state index contributed by atoms with van der Waals surface area (Å²) in [4.78, 5) is 10.7. The molecule has 3 heteroatoms. The molecule has 1 aromatic carbocycles. The summed E-state index contributed by atoms with van der Waals surface area (Å²) >= 11 is 0. The minimum absolute atomic E-state index is 0.341. The Morgan fingerprint density at radius 1 is 0.870 bits per heavy atom. The number of anilines is 1. The van der Waals surface area contributed by atoms with Gasteiger partial charge in [-0.15, -0.1) is 0 Å². The zero-order chi connectivity index (χ0) is 16.3. The Hall–Kier alpha value is -1.51. The van der Waals surface area contributed by atoms with Crippen LogP contribution in [0, 0.1) is 0 Å². The molecule has 0 heterocycles. The molecule has 0 bridgehead atoms. The lowest BCUT2D eigenvalue weighted by Crippen LogP contribution is -2.17. The number of Topliss-reactive ketones (excluding diaryl/α,β-unsaturated/α-hetero) is 1. The van der Waals surface area contributed by atoms with E-state index >= 15 is 0 Å². The second-order valence-electron chi connectivity index (χ2n) is 6.84. The van der Waals surface area contributed by atoms with E-state index in [9.17, 15) is 9.90 Å². The van der Waals surface area contributed by atoms with Gasteiger partial charge in [-0.3, -0.25) is 4.79 Å². The van der Waals surface area contributed by atoms with Crippen molar-refractivity contribution in [1.29, 1.82) is 0 Å². The fourth-order valence-electron chi connectivity index (χ4n) is 3.38. The van der Waals surface area contributed by atoms with E-state index in [1.807, 2.05) is 12.1 Å². The summed E-state index contributed by atoms with van der Waals surface area (Å²) in [5.74, 6) is 0.816. The van der Waals surface area contributed by atoms with E-state index in [0.29, 0.717) is 17.6 Å². The summed E-state index contributed by atoms with van der Waals surface area (Å²) in [7, 11) is 0. The summed E-state index contributed by atoms with van der Waals surface area (Å²) in [6.45, 7) is 0. The van der Waals surface area contributed by atoms with Crippen molar-refractivity contribution in [3.8, 4) is 5.75 Å². The van der Waals surface area contributed by atoms with Gasteiger partial charge in [0.2, 0.25) is 0 Å². The van der Waals surface area contributed by atoms with Crippen LogP contribution in [0.2, 0.25) is 0 Å². The van der Waals surface area contributed by atoms with Crippen molar-refractivity contribution in [2.24, 2.45) is 0 Å². The summed E-state index contributed by atoms with van der Waals surface area (Å²) in [6, 6.07) is 8.00. The molecule has 0 amide bonds. The van der Waals surface area contributed by atoms with Crippen LogP contribution in [-0.4, -0.2) is 16.9 Å². The average molecular weight is 317 g/mol. The van der Waals surface area contributed by atoms with Gasteiger partial charge in [-0.05, 0) is 37.8 Å². The van der Waals surface area contributed by atoms with Gasteiger partial charge in [0.25, 0.3) is 0 Å². The lowest BCUT2D eigenvalue weighted by Gasteiger charge is -2.17. The zero-order valence-corrected chi connectivity index (χ0v) is 14.2. The first-order chi connectivity index (χ1) is 11.2. The first-order valence-corrected chi connectivity index (χ1v) is 9.31. The highest BCUT2D eigenvalue weighted by atomic mass is 16.3. The van der Waals surface area contributed by atoms with Gasteiger partial charge in [-0.25, -0.2) is 0 Å². The molecule has 0 atom stereocenters. The minimum atomic E-state index is 0.341. The predicted octanol–water partition coefficient (Wildman–Crippen LogP) is 5.44. The lowest BCUT2D eigenvalue weighted by atomic mass is 10.1. The molecular formula is C20H31NO2. The van der Waals surface area contributed by atoms with Gasteiger partial charge in [-0.1, -0.05) is 44.6 Å². The van der Waals surface area contributed by atoms with Gasteiger partial charge >= 0.3 is 0 Å². The van der Waals surface area contributed by atoms with Crippen LogP contribution in [-0.2, 0) is 4.79 Å². The second kappa shape index (κ2) is 10.3. The Bertz CT molecular complexity index is 454. The highest BCUT2D eigenvalue weighted by Gasteiger charge is 2.11. The number of rotatable bonds is 2. The number of hydrogen-bond acceptors (Lipinski definition) is 3. The molecule has 2 aliphatic carbocycles. The van der Waals surface area contributed by atoms with Crippen molar-refractivity contribution in [3.05, 3.63) is 24.3 Å². The Morgan fingerprint density at radius 3 is 2.09 bits per heavy atom. The lowest BCUT2D eigenvalue weighted by molar-refractivity contribution is -0.118. The normalized spacial score (nSPS) is 19.9. The van der Waals surface area contributed by atoms with E-state index < -0.39 is 0 Å². The molecular weight excluding hydrogens is 286 g/mol. The Balaban J connectivity index is 0.000000203. The largest absolute Gasteiger partial charge is 0.508 e. The molecule has 3 nitrogen and oxygen atoms in total. The molecule has 2 N–H and O–H groups in total.